The second kappa shape index (κ2) is 4.84. The van der Waals surface area contributed by atoms with E-state index in [0.717, 1.165) is 34.9 Å². The molecule has 0 amide bonds. The van der Waals surface area contributed by atoms with Gasteiger partial charge in [0.25, 0.3) is 0 Å². The highest BCUT2D eigenvalue weighted by atomic mass is 32.1. The monoisotopic (exact) mass is 302 g/mol. The molecule has 0 unspecified atom stereocenters. The van der Waals surface area contributed by atoms with Gasteiger partial charge in [-0.1, -0.05) is 25.1 Å². The fourth-order valence-corrected chi connectivity index (χ4v) is 4.38. The van der Waals surface area contributed by atoms with Crippen molar-refractivity contribution < 1.29 is 5.21 Å². The van der Waals surface area contributed by atoms with Crippen LogP contribution in [0.4, 0.5) is 0 Å². The molecule has 1 aromatic heterocycles. The zero-order valence-corrected chi connectivity index (χ0v) is 13.0. The standard InChI is InChI=1S/C16H18N2O2S/c1-16(2)6-5-11-13(8-16)21-12-7-9(15(17)18-20)3-4-10(12)14(11)19/h3-4,7,20H,5-6,8H2,1-2H3,(H2,17,18). The average molecular weight is 302 g/mol. The second-order valence-corrected chi connectivity index (χ2v) is 7.51. The summed E-state index contributed by atoms with van der Waals surface area (Å²) in [6, 6.07) is 5.34. The van der Waals surface area contributed by atoms with Crippen LogP contribution in [-0.4, -0.2) is 11.0 Å². The molecule has 2 aromatic rings. The van der Waals surface area contributed by atoms with Gasteiger partial charge in [-0.05, 0) is 36.8 Å². The van der Waals surface area contributed by atoms with E-state index in [0.29, 0.717) is 5.56 Å². The van der Waals surface area contributed by atoms with Gasteiger partial charge < -0.3 is 10.9 Å². The van der Waals surface area contributed by atoms with Crippen LogP contribution in [0.1, 0.15) is 36.3 Å². The Balaban J connectivity index is 2.23. The molecule has 1 heterocycles. The fraction of sp³-hybridized carbons (Fsp3) is 0.375. The van der Waals surface area contributed by atoms with E-state index >= 15 is 0 Å². The topological polar surface area (TPSA) is 75.7 Å². The van der Waals surface area contributed by atoms with E-state index in [-0.39, 0.29) is 16.7 Å². The van der Waals surface area contributed by atoms with Gasteiger partial charge in [-0.25, -0.2) is 0 Å². The van der Waals surface area contributed by atoms with Crippen molar-refractivity contribution in [1.82, 2.24) is 0 Å². The lowest BCUT2D eigenvalue weighted by Crippen LogP contribution is -2.26. The van der Waals surface area contributed by atoms with Gasteiger partial charge in [0.15, 0.2) is 11.3 Å². The maximum Gasteiger partial charge on any atom is 0.191 e. The quantitative estimate of drug-likeness (QED) is 0.368. The van der Waals surface area contributed by atoms with Crippen LogP contribution in [0, 0.1) is 5.41 Å². The zero-order chi connectivity index (χ0) is 15.2. The average Bonchev–Trinajstić information content (AvgIpc) is 2.44. The molecular formula is C16H18N2O2S. The summed E-state index contributed by atoms with van der Waals surface area (Å²) in [7, 11) is 0. The predicted octanol–water partition coefficient (Wildman–Crippen LogP) is 2.87. The zero-order valence-electron chi connectivity index (χ0n) is 12.1. The highest BCUT2D eigenvalue weighted by Crippen LogP contribution is 2.37. The second-order valence-electron chi connectivity index (χ2n) is 6.37. The SMILES string of the molecule is CC1(C)CCc2c(sc3cc(/C(N)=N\O)ccc3c2=O)C1. The number of nitrogens with zero attached hydrogens (tertiary/aromatic N) is 1. The molecule has 3 rings (SSSR count). The van der Waals surface area contributed by atoms with Gasteiger partial charge in [-0.3, -0.25) is 4.79 Å². The van der Waals surface area contributed by atoms with Crippen LogP contribution in [0.5, 0.6) is 0 Å². The summed E-state index contributed by atoms with van der Waals surface area (Å²) in [5, 5.41) is 12.5. The van der Waals surface area contributed by atoms with Crippen molar-refractivity contribution in [3.8, 4) is 0 Å². The minimum Gasteiger partial charge on any atom is -0.409 e. The lowest BCUT2D eigenvalue weighted by Gasteiger charge is -2.30. The molecule has 1 aliphatic rings. The molecule has 110 valence electrons. The third-order valence-electron chi connectivity index (χ3n) is 4.16. The first-order valence-corrected chi connectivity index (χ1v) is 7.79. The summed E-state index contributed by atoms with van der Waals surface area (Å²) < 4.78 is 0.903. The Labute approximate surface area is 126 Å². The fourth-order valence-electron chi connectivity index (χ4n) is 2.88. The Hall–Kier alpha value is -1.88. The first kappa shape index (κ1) is 14.1. The summed E-state index contributed by atoms with van der Waals surface area (Å²) >= 11 is 1.66. The Kier molecular flexibility index (Phi) is 3.24. The van der Waals surface area contributed by atoms with Gasteiger partial charge in [0.05, 0.1) is 0 Å². The Bertz CT molecular complexity index is 806. The molecule has 0 bridgehead atoms. The van der Waals surface area contributed by atoms with E-state index < -0.39 is 0 Å². The van der Waals surface area contributed by atoms with Gasteiger partial charge in [0.1, 0.15) is 0 Å². The largest absolute Gasteiger partial charge is 0.409 e. The summed E-state index contributed by atoms with van der Waals surface area (Å²) in [4.78, 5) is 13.8. The molecule has 0 saturated heterocycles. The van der Waals surface area contributed by atoms with Crippen molar-refractivity contribution in [3.05, 3.63) is 44.4 Å². The van der Waals surface area contributed by atoms with Crippen LogP contribution in [0.15, 0.2) is 28.1 Å². The molecule has 0 spiro atoms. The molecule has 0 saturated carbocycles. The maximum absolute atomic E-state index is 12.6. The van der Waals surface area contributed by atoms with E-state index in [1.54, 1.807) is 23.5 Å². The van der Waals surface area contributed by atoms with Crippen molar-refractivity contribution >= 4 is 27.3 Å². The normalized spacial score (nSPS) is 17.7. The Morgan fingerprint density at radius 1 is 1.43 bits per heavy atom. The number of hydrogen-bond acceptors (Lipinski definition) is 4. The molecule has 5 heteroatoms. The van der Waals surface area contributed by atoms with Crippen LogP contribution >= 0.6 is 11.3 Å². The molecule has 21 heavy (non-hydrogen) atoms. The molecule has 1 aromatic carbocycles. The van der Waals surface area contributed by atoms with Gasteiger partial charge in [-0.2, -0.15) is 0 Å². The van der Waals surface area contributed by atoms with E-state index in [4.69, 9.17) is 10.9 Å². The maximum atomic E-state index is 12.6. The van der Waals surface area contributed by atoms with Crippen LogP contribution < -0.4 is 11.2 Å². The molecule has 0 fully saturated rings. The van der Waals surface area contributed by atoms with Crippen molar-refractivity contribution in [3.63, 3.8) is 0 Å². The number of fused-ring (bicyclic) bond motifs is 2. The van der Waals surface area contributed by atoms with Crippen molar-refractivity contribution in [2.75, 3.05) is 0 Å². The first-order valence-electron chi connectivity index (χ1n) is 6.98. The highest BCUT2D eigenvalue weighted by Gasteiger charge is 2.28. The van der Waals surface area contributed by atoms with Crippen molar-refractivity contribution in [2.45, 2.75) is 33.1 Å². The van der Waals surface area contributed by atoms with Gasteiger partial charge in [-0.15, -0.1) is 11.3 Å². The lowest BCUT2D eigenvalue weighted by atomic mass is 9.77. The molecule has 0 atom stereocenters. The van der Waals surface area contributed by atoms with E-state index in [1.807, 2.05) is 6.07 Å². The van der Waals surface area contributed by atoms with Crippen LogP contribution in [0.3, 0.4) is 0 Å². The van der Waals surface area contributed by atoms with E-state index in [9.17, 15) is 4.79 Å². The van der Waals surface area contributed by atoms with Gasteiger partial charge in [0, 0.05) is 26.1 Å². The van der Waals surface area contributed by atoms with Crippen molar-refractivity contribution in [1.29, 1.82) is 0 Å². The minimum absolute atomic E-state index is 0.0644. The van der Waals surface area contributed by atoms with E-state index in [2.05, 4.69) is 19.0 Å². The smallest absolute Gasteiger partial charge is 0.191 e. The lowest BCUT2D eigenvalue weighted by molar-refractivity contribution is 0.318. The molecule has 4 nitrogen and oxygen atoms in total. The summed E-state index contributed by atoms with van der Waals surface area (Å²) in [5.41, 5.74) is 7.62. The number of rotatable bonds is 1. The summed E-state index contributed by atoms with van der Waals surface area (Å²) in [6.07, 6.45) is 2.84. The molecule has 1 aliphatic carbocycles. The predicted molar refractivity (Wildman–Crippen MR) is 86.4 cm³/mol. The molecule has 3 N–H and O–H groups in total. The van der Waals surface area contributed by atoms with Crippen LogP contribution in [0.2, 0.25) is 0 Å². The number of benzene rings is 1. The first-order chi connectivity index (χ1) is 9.91. The summed E-state index contributed by atoms with van der Waals surface area (Å²) in [5.74, 6) is 0.0644. The van der Waals surface area contributed by atoms with Crippen molar-refractivity contribution in [2.24, 2.45) is 16.3 Å². The number of hydrogen-bond donors (Lipinski definition) is 2. The molecule has 0 aliphatic heterocycles. The van der Waals surface area contributed by atoms with E-state index in [1.165, 1.54) is 4.88 Å². The number of oxime groups is 1. The highest BCUT2D eigenvalue weighted by molar-refractivity contribution is 7.18. The number of nitrogens with two attached hydrogens (primary N) is 1. The molecular weight excluding hydrogens is 284 g/mol. The van der Waals surface area contributed by atoms with Crippen LogP contribution in [-0.2, 0) is 12.8 Å². The molecule has 0 radical (unpaired) electrons. The third kappa shape index (κ3) is 2.42. The number of amidine groups is 1. The van der Waals surface area contributed by atoms with Crippen LogP contribution in [0.25, 0.3) is 10.1 Å². The minimum atomic E-state index is 0.0644. The third-order valence-corrected chi connectivity index (χ3v) is 5.36. The Morgan fingerprint density at radius 3 is 2.90 bits per heavy atom. The summed E-state index contributed by atoms with van der Waals surface area (Å²) in [6.45, 7) is 4.48. The van der Waals surface area contributed by atoms with Gasteiger partial charge in [0.2, 0.25) is 0 Å². The Morgan fingerprint density at radius 2 is 2.19 bits per heavy atom. The van der Waals surface area contributed by atoms with Gasteiger partial charge >= 0.3 is 0 Å².